The van der Waals surface area contributed by atoms with Crippen LogP contribution < -0.4 is 10.1 Å². The monoisotopic (exact) mass is 442 g/mol. The van der Waals surface area contributed by atoms with Crippen molar-refractivity contribution in [2.24, 2.45) is 0 Å². The molecule has 14 heteroatoms. The van der Waals surface area contributed by atoms with Crippen LogP contribution in [0.2, 0.25) is 0 Å². The van der Waals surface area contributed by atoms with E-state index in [0.717, 1.165) is 12.1 Å². The number of carbonyl (C=O) groups is 1. The molecule has 0 spiro atoms. The van der Waals surface area contributed by atoms with Gasteiger partial charge in [-0.25, -0.2) is 4.68 Å². The van der Waals surface area contributed by atoms with Crippen LogP contribution in [0.15, 0.2) is 48.7 Å². The molecular weight excluding hydrogens is 428 g/mol. The predicted octanol–water partition coefficient (Wildman–Crippen LogP) is 3.20. The van der Waals surface area contributed by atoms with E-state index in [-0.39, 0.29) is 35.1 Å². The van der Waals surface area contributed by atoms with E-state index in [9.17, 15) is 35.1 Å². The Balaban J connectivity index is 1.75. The van der Waals surface area contributed by atoms with Crippen LogP contribution in [-0.2, 0) is 6.73 Å². The number of anilines is 1. The molecule has 0 saturated heterocycles. The molecule has 0 aliphatic carbocycles. The highest BCUT2D eigenvalue weighted by atomic mass is 16.6. The third kappa shape index (κ3) is 4.64. The molecule has 0 aliphatic rings. The Bertz CT molecular complexity index is 1200. The fraction of sp³-hybridized carbons (Fsp3) is 0.111. The number of amides is 1. The minimum absolute atomic E-state index is 0.0123. The van der Waals surface area contributed by atoms with E-state index in [1.807, 2.05) is 0 Å². The SMILES string of the molecule is Cc1c([N+](=O)[O-])cc(NC(=O)c2ccn(COc3ccccc3[N+](=O)[O-])n2)cc1[N+](=O)[O-]. The molecule has 14 nitrogen and oxygen atoms in total. The van der Waals surface area contributed by atoms with Crippen molar-refractivity contribution in [3.63, 3.8) is 0 Å². The summed E-state index contributed by atoms with van der Waals surface area (Å²) in [5.74, 6) is -0.764. The number of carbonyl (C=O) groups excluding carboxylic acids is 1. The number of nitro groups is 3. The normalized spacial score (nSPS) is 10.4. The maximum atomic E-state index is 12.4. The second kappa shape index (κ2) is 8.86. The highest BCUT2D eigenvalue weighted by Crippen LogP contribution is 2.32. The van der Waals surface area contributed by atoms with E-state index in [2.05, 4.69) is 10.4 Å². The first-order valence-electron chi connectivity index (χ1n) is 8.82. The molecule has 0 aliphatic heterocycles. The predicted molar refractivity (Wildman–Crippen MR) is 108 cm³/mol. The average molecular weight is 442 g/mol. The number of benzene rings is 2. The summed E-state index contributed by atoms with van der Waals surface area (Å²) in [4.78, 5) is 43.6. The van der Waals surface area contributed by atoms with E-state index in [1.165, 1.54) is 42.1 Å². The summed E-state index contributed by atoms with van der Waals surface area (Å²) in [5.41, 5.74) is -1.67. The van der Waals surface area contributed by atoms with Crippen LogP contribution in [0.4, 0.5) is 22.7 Å². The van der Waals surface area contributed by atoms with Gasteiger partial charge in [-0.15, -0.1) is 0 Å². The first-order valence-corrected chi connectivity index (χ1v) is 8.82. The number of para-hydroxylation sites is 2. The molecule has 0 saturated carbocycles. The van der Waals surface area contributed by atoms with Crippen molar-refractivity contribution in [1.82, 2.24) is 9.78 Å². The average Bonchev–Trinajstić information content (AvgIpc) is 3.22. The summed E-state index contributed by atoms with van der Waals surface area (Å²) < 4.78 is 6.57. The number of nitro benzene ring substituents is 3. The minimum atomic E-state index is -0.785. The van der Waals surface area contributed by atoms with E-state index in [4.69, 9.17) is 4.74 Å². The lowest BCUT2D eigenvalue weighted by molar-refractivity contribution is -0.395. The molecule has 0 atom stereocenters. The van der Waals surface area contributed by atoms with Gasteiger partial charge >= 0.3 is 5.69 Å². The van der Waals surface area contributed by atoms with E-state index < -0.39 is 32.1 Å². The van der Waals surface area contributed by atoms with Crippen LogP contribution >= 0.6 is 0 Å². The van der Waals surface area contributed by atoms with Crippen molar-refractivity contribution in [1.29, 1.82) is 0 Å². The van der Waals surface area contributed by atoms with Crippen molar-refractivity contribution in [3.05, 3.63) is 90.3 Å². The summed E-state index contributed by atoms with van der Waals surface area (Å²) in [6.07, 6.45) is 1.38. The zero-order chi connectivity index (χ0) is 23.4. The number of ether oxygens (including phenoxy) is 1. The van der Waals surface area contributed by atoms with Gasteiger partial charge in [0.25, 0.3) is 17.3 Å². The molecule has 3 rings (SSSR count). The zero-order valence-electron chi connectivity index (χ0n) is 16.3. The van der Waals surface area contributed by atoms with Gasteiger partial charge in [-0.05, 0) is 19.1 Å². The molecule has 0 radical (unpaired) electrons. The van der Waals surface area contributed by atoms with Gasteiger partial charge in [0, 0.05) is 24.4 Å². The number of nitrogens with one attached hydrogen (secondary N) is 1. The zero-order valence-corrected chi connectivity index (χ0v) is 16.3. The largest absolute Gasteiger partial charge is 0.464 e. The van der Waals surface area contributed by atoms with Crippen LogP contribution in [0.3, 0.4) is 0 Å². The third-order valence-corrected chi connectivity index (χ3v) is 4.29. The maximum Gasteiger partial charge on any atom is 0.311 e. The van der Waals surface area contributed by atoms with Crippen molar-refractivity contribution in [2.75, 3.05) is 5.32 Å². The Morgan fingerprint density at radius 1 is 1.00 bits per heavy atom. The molecule has 164 valence electrons. The lowest BCUT2D eigenvalue weighted by Gasteiger charge is -2.07. The molecule has 1 aromatic heterocycles. The summed E-state index contributed by atoms with van der Waals surface area (Å²) in [7, 11) is 0. The van der Waals surface area contributed by atoms with Crippen molar-refractivity contribution >= 4 is 28.7 Å². The van der Waals surface area contributed by atoms with Gasteiger partial charge in [-0.2, -0.15) is 5.10 Å². The third-order valence-electron chi connectivity index (χ3n) is 4.29. The Hall–Kier alpha value is -4.88. The number of rotatable bonds is 8. The fourth-order valence-corrected chi connectivity index (χ4v) is 2.75. The van der Waals surface area contributed by atoms with Crippen LogP contribution in [0, 0.1) is 37.3 Å². The number of nitrogens with zero attached hydrogens (tertiary/aromatic N) is 5. The second-order valence-corrected chi connectivity index (χ2v) is 6.35. The van der Waals surface area contributed by atoms with Gasteiger partial charge in [0.05, 0.1) is 20.5 Å². The first-order chi connectivity index (χ1) is 15.2. The van der Waals surface area contributed by atoms with Crippen LogP contribution in [0.5, 0.6) is 5.75 Å². The van der Waals surface area contributed by atoms with E-state index in [0.29, 0.717) is 0 Å². The van der Waals surface area contributed by atoms with Crippen LogP contribution in [0.25, 0.3) is 0 Å². The molecule has 0 fully saturated rings. The first kappa shape index (κ1) is 21.8. The number of hydrogen-bond donors (Lipinski definition) is 1. The summed E-state index contributed by atoms with van der Waals surface area (Å²) in [5, 5.41) is 39.6. The quantitative estimate of drug-likeness (QED) is 0.404. The Labute approximate surface area is 178 Å². The van der Waals surface area contributed by atoms with Gasteiger partial charge in [0.2, 0.25) is 0 Å². The van der Waals surface area contributed by atoms with Crippen LogP contribution in [0.1, 0.15) is 16.1 Å². The van der Waals surface area contributed by atoms with Crippen molar-refractivity contribution in [2.45, 2.75) is 13.7 Å². The van der Waals surface area contributed by atoms with E-state index in [1.54, 1.807) is 6.07 Å². The Kier molecular flexibility index (Phi) is 6.04. The van der Waals surface area contributed by atoms with Gasteiger partial charge < -0.3 is 10.1 Å². The fourth-order valence-electron chi connectivity index (χ4n) is 2.75. The molecule has 1 amide bonds. The Morgan fingerprint density at radius 2 is 1.59 bits per heavy atom. The topological polar surface area (TPSA) is 186 Å². The summed E-state index contributed by atoms with van der Waals surface area (Å²) >= 11 is 0. The lowest BCUT2D eigenvalue weighted by atomic mass is 10.1. The molecule has 2 aromatic carbocycles. The molecular formula is C18H14N6O8. The standard InChI is InChI=1S/C18H14N6O8/c1-11-15(23(28)29)8-12(9-16(11)24(30)31)19-18(25)13-6-7-21(20-13)10-32-17-5-3-2-4-14(17)22(26)27/h2-9H,10H2,1H3,(H,19,25). The molecule has 3 aromatic rings. The maximum absolute atomic E-state index is 12.4. The van der Waals surface area contributed by atoms with Crippen LogP contribution in [-0.4, -0.2) is 30.5 Å². The molecule has 0 bridgehead atoms. The highest BCUT2D eigenvalue weighted by molar-refractivity contribution is 6.03. The van der Waals surface area contributed by atoms with Gasteiger partial charge in [-0.3, -0.25) is 35.1 Å². The summed E-state index contributed by atoms with van der Waals surface area (Å²) in [6, 6.07) is 9.06. The number of hydrogen-bond acceptors (Lipinski definition) is 9. The van der Waals surface area contributed by atoms with Gasteiger partial charge in [-0.1, -0.05) is 12.1 Å². The lowest BCUT2D eigenvalue weighted by Crippen LogP contribution is -2.15. The molecule has 1 heterocycles. The van der Waals surface area contributed by atoms with E-state index >= 15 is 0 Å². The number of aromatic nitrogens is 2. The summed E-state index contributed by atoms with van der Waals surface area (Å²) in [6.45, 7) is 1.00. The van der Waals surface area contributed by atoms with Gasteiger partial charge in [0.15, 0.2) is 18.2 Å². The van der Waals surface area contributed by atoms with Gasteiger partial charge in [0.1, 0.15) is 5.56 Å². The second-order valence-electron chi connectivity index (χ2n) is 6.35. The molecule has 32 heavy (non-hydrogen) atoms. The van der Waals surface area contributed by atoms with Crippen molar-refractivity contribution in [3.8, 4) is 5.75 Å². The minimum Gasteiger partial charge on any atom is -0.464 e. The highest BCUT2D eigenvalue weighted by Gasteiger charge is 2.24. The molecule has 0 unspecified atom stereocenters. The smallest absolute Gasteiger partial charge is 0.311 e. The van der Waals surface area contributed by atoms with Crippen molar-refractivity contribution < 1.29 is 24.3 Å². The Morgan fingerprint density at radius 3 is 2.19 bits per heavy atom. The molecule has 1 N–H and O–H groups in total.